The first-order valence-corrected chi connectivity index (χ1v) is 12.6. The van der Waals surface area contributed by atoms with Crippen molar-refractivity contribution in [1.29, 1.82) is 0 Å². The standard InChI is InChI=1S/C21H29N3O4S2/c1-20(2)13-8-9-21(20,3)17(10-13)23-18(25)12-29-19-22-15-11-14(6-7-16(15)28-19)30(26,27)24(4)5/h6-7,11,13,17H,8-10,12H2,1-5H3,(H,23,25)/t13-,17+,21-/m1/s1. The van der Waals surface area contributed by atoms with Gasteiger partial charge in [0.25, 0.3) is 5.22 Å². The highest BCUT2D eigenvalue weighted by Crippen LogP contribution is 2.65. The van der Waals surface area contributed by atoms with E-state index in [1.807, 2.05) is 0 Å². The molecule has 9 heteroatoms. The molecule has 4 rings (SSSR count). The van der Waals surface area contributed by atoms with Gasteiger partial charge in [-0.1, -0.05) is 32.5 Å². The number of carbonyl (C=O) groups is 1. The third-order valence-electron chi connectivity index (χ3n) is 7.57. The maximum atomic E-state index is 12.6. The van der Waals surface area contributed by atoms with Gasteiger partial charge >= 0.3 is 0 Å². The van der Waals surface area contributed by atoms with Gasteiger partial charge in [-0.05, 0) is 54.2 Å². The minimum atomic E-state index is -3.54. The van der Waals surface area contributed by atoms with Crippen molar-refractivity contribution in [1.82, 2.24) is 14.6 Å². The molecule has 0 aliphatic heterocycles. The minimum absolute atomic E-state index is 0.0206. The molecular weight excluding hydrogens is 422 g/mol. The van der Waals surface area contributed by atoms with Crippen LogP contribution in [-0.2, 0) is 14.8 Å². The molecule has 164 valence electrons. The number of nitrogens with zero attached hydrogens (tertiary/aromatic N) is 2. The van der Waals surface area contributed by atoms with Crippen LogP contribution in [0.5, 0.6) is 0 Å². The van der Waals surface area contributed by atoms with E-state index in [0.717, 1.165) is 17.1 Å². The Morgan fingerprint density at radius 3 is 2.67 bits per heavy atom. The summed E-state index contributed by atoms with van der Waals surface area (Å²) >= 11 is 1.23. The molecule has 0 spiro atoms. The van der Waals surface area contributed by atoms with Crippen LogP contribution in [0.3, 0.4) is 0 Å². The minimum Gasteiger partial charge on any atom is -0.431 e. The lowest BCUT2D eigenvalue weighted by atomic mass is 9.69. The Kier molecular flexibility index (Phi) is 5.22. The van der Waals surface area contributed by atoms with E-state index in [0.29, 0.717) is 22.2 Å². The maximum absolute atomic E-state index is 12.6. The molecule has 7 nitrogen and oxygen atoms in total. The fourth-order valence-corrected chi connectivity index (χ4v) is 6.68. The summed E-state index contributed by atoms with van der Waals surface area (Å²) in [5, 5.41) is 3.60. The first-order valence-electron chi connectivity index (χ1n) is 10.2. The molecule has 2 saturated carbocycles. The van der Waals surface area contributed by atoms with E-state index < -0.39 is 10.0 Å². The van der Waals surface area contributed by atoms with Crippen molar-refractivity contribution in [3.05, 3.63) is 18.2 Å². The first-order chi connectivity index (χ1) is 13.9. The number of sulfonamides is 1. The normalized spacial score (nSPS) is 27.8. The molecule has 30 heavy (non-hydrogen) atoms. The molecule has 2 aliphatic carbocycles. The summed E-state index contributed by atoms with van der Waals surface area (Å²) in [7, 11) is -0.565. The van der Waals surface area contributed by atoms with Gasteiger partial charge in [-0.25, -0.2) is 17.7 Å². The van der Waals surface area contributed by atoms with E-state index in [4.69, 9.17) is 4.42 Å². The largest absolute Gasteiger partial charge is 0.431 e. The Labute approximate surface area is 182 Å². The zero-order valence-electron chi connectivity index (χ0n) is 18.1. The predicted octanol–water partition coefficient (Wildman–Crippen LogP) is 3.50. The van der Waals surface area contributed by atoms with E-state index in [-0.39, 0.29) is 33.4 Å². The summed E-state index contributed by atoms with van der Waals surface area (Å²) in [5.41, 5.74) is 1.36. The average molecular weight is 452 g/mol. The Hall–Kier alpha value is -1.58. The Morgan fingerprint density at radius 2 is 2.07 bits per heavy atom. The zero-order valence-corrected chi connectivity index (χ0v) is 19.7. The van der Waals surface area contributed by atoms with Gasteiger partial charge in [0, 0.05) is 20.1 Å². The molecule has 2 aromatic rings. The second-order valence-corrected chi connectivity index (χ2v) is 12.5. The van der Waals surface area contributed by atoms with Gasteiger partial charge in [0.15, 0.2) is 5.58 Å². The summed E-state index contributed by atoms with van der Waals surface area (Å²) in [4.78, 5) is 17.1. The van der Waals surface area contributed by atoms with Gasteiger partial charge in [-0.15, -0.1) is 0 Å². The van der Waals surface area contributed by atoms with Crippen LogP contribution in [0, 0.1) is 16.7 Å². The summed E-state index contributed by atoms with van der Waals surface area (Å²) in [6.45, 7) is 6.96. The van der Waals surface area contributed by atoms with Gasteiger partial charge in [0.1, 0.15) is 5.52 Å². The number of oxazole rings is 1. The number of hydrogen-bond acceptors (Lipinski definition) is 6. The second-order valence-electron chi connectivity index (χ2n) is 9.42. The number of hydrogen-bond donors (Lipinski definition) is 1. The van der Waals surface area contributed by atoms with Gasteiger partial charge < -0.3 is 9.73 Å². The fraction of sp³-hybridized carbons (Fsp3) is 0.619. The molecular formula is C21H29N3O4S2. The Balaban J connectivity index is 1.41. The summed E-state index contributed by atoms with van der Waals surface area (Å²) in [6.07, 6.45) is 3.46. The van der Waals surface area contributed by atoms with Gasteiger partial charge in [-0.3, -0.25) is 4.79 Å². The average Bonchev–Trinajstić information content (AvgIpc) is 3.24. The number of carbonyl (C=O) groups excluding carboxylic acids is 1. The highest BCUT2D eigenvalue weighted by molar-refractivity contribution is 7.99. The highest BCUT2D eigenvalue weighted by atomic mass is 32.2. The van der Waals surface area contributed by atoms with Crippen LogP contribution in [0.25, 0.3) is 11.1 Å². The molecule has 1 aromatic heterocycles. The quantitative estimate of drug-likeness (QED) is 0.676. The van der Waals surface area contributed by atoms with E-state index in [9.17, 15) is 13.2 Å². The highest BCUT2D eigenvalue weighted by Gasteiger charge is 2.61. The number of thioether (sulfide) groups is 1. The van der Waals surface area contributed by atoms with Crippen molar-refractivity contribution < 1.29 is 17.6 Å². The van der Waals surface area contributed by atoms with Gasteiger partial charge in [0.05, 0.1) is 10.6 Å². The van der Waals surface area contributed by atoms with Gasteiger partial charge in [-0.2, -0.15) is 0 Å². The predicted molar refractivity (Wildman–Crippen MR) is 117 cm³/mol. The van der Waals surface area contributed by atoms with Crippen LogP contribution in [0.15, 0.2) is 32.7 Å². The van der Waals surface area contributed by atoms with Crippen molar-refractivity contribution in [3.63, 3.8) is 0 Å². The number of rotatable bonds is 6. The van der Waals surface area contributed by atoms with Crippen LogP contribution in [0.1, 0.15) is 40.0 Å². The summed E-state index contributed by atoms with van der Waals surface area (Å²) < 4.78 is 31.4. The summed E-state index contributed by atoms with van der Waals surface area (Å²) in [5.74, 6) is 0.866. The Bertz CT molecular complexity index is 1090. The number of amides is 1. The zero-order chi connectivity index (χ0) is 21.9. The van der Waals surface area contributed by atoms with Crippen LogP contribution in [0.4, 0.5) is 0 Å². The molecule has 1 heterocycles. The number of aromatic nitrogens is 1. The van der Waals surface area contributed by atoms with Crippen LogP contribution in [0.2, 0.25) is 0 Å². The third-order valence-corrected chi connectivity index (χ3v) is 10.2. The lowest BCUT2D eigenvalue weighted by molar-refractivity contribution is -0.120. The fourth-order valence-electron chi connectivity index (χ4n) is 5.10. The topological polar surface area (TPSA) is 92.5 Å². The SMILES string of the molecule is CN(C)S(=O)(=O)c1ccc2oc(SCC(=O)N[C@H]3C[C@H]4CC[C@@]3(C)C4(C)C)nc2c1. The molecule has 1 N–H and O–H groups in total. The lowest BCUT2D eigenvalue weighted by Gasteiger charge is -2.39. The van der Waals surface area contributed by atoms with Crippen LogP contribution in [-0.4, -0.2) is 49.5 Å². The Morgan fingerprint density at radius 1 is 1.33 bits per heavy atom. The maximum Gasteiger partial charge on any atom is 0.257 e. The molecule has 2 bridgehead atoms. The van der Waals surface area contributed by atoms with Crippen molar-refractivity contribution in [2.24, 2.45) is 16.7 Å². The van der Waals surface area contributed by atoms with Crippen molar-refractivity contribution >= 4 is 38.8 Å². The molecule has 3 atom stereocenters. The van der Waals surface area contributed by atoms with E-state index in [2.05, 4.69) is 31.1 Å². The van der Waals surface area contributed by atoms with E-state index >= 15 is 0 Å². The second kappa shape index (κ2) is 7.24. The third kappa shape index (κ3) is 3.35. The first kappa shape index (κ1) is 21.6. The van der Waals surface area contributed by atoms with Crippen LogP contribution < -0.4 is 5.32 Å². The van der Waals surface area contributed by atoms with Gasteiger partial charge in [0.2, 0.25) is 15.9 Å². The van der Waals surface area contributed by atoms with E-state index in [1.165, 1.54) is 44.4 Å². The molecule has 0 radical (unpaired) electrons. The van der Waals surface area contributed by atoms with E-state index in [1.54, 1.807) is 6.07 Å². The number of benzene rings is 1. The van der Waals surface area contributed by atoms with Crippen molar-refractivity contribution in [2.75, 3.05) is 19.8 Å². The van der Waals surface area contributed by atoms with Crippen molar-refractivity contribution in [3.8, 4) is 0 Å². The molecule has 2 fully saturated rings. The molecule has 1 aromatic carbocycles. The smallest absolute Gasteiger partial charge is 0.257 e. The monoisotopic (exact) mass is 451 g/mol. The summed E-state index contributed by atoms with van der Waals surface area (Å²) in [6, 6.07) is 4.81. The molecule has 0 unspecified atom stereocenters. The lowest BCUT2D eigenvalue weighted by Crippen LogP contribution is -2.47. The number of fused-ring (bicyclic) bond motifs is 3. The molecule has 2 aliphatic rings. The molecule has 0 saturated heterocycles. The molecule has 1 amide bonds. The van der Waals surface area contributed by atoms with Crippen LogP contribution >= 0.6 is 11.8 Å². The van der Waals surface area contributed by atoms with Crippen molar-refractivity contribution in [2.45, 2.75) is 56.2 Å². The number of nitrogens with one attached hydrogen (secondary N) is 1.